The van der Waals surface area contributed by atoms with Crippen LogP contribution in [0.15, 0.2) is 34.8 Å². The van der Waals surface area contributed by atoms with Crippen LogP contribution in [0, 0.1) is 11.6 Å². The molecule has 0 bridgehead atoms. The van der Waals surface area contributed by atoms with Gasteiger partial charge in [0.25, 0.3) is 5.91 Å². The molecule has 1 aliphatic heterocycles. The Kier molecular flexibility index (Phi) is 7.06. The normalized spacial score (nSPS) is 17.2. The van der Waals surface area contributed by atoms with Crippen molar-refractivity contribution in [1.82, 2.24) is 9.78 Å². The van der Waals surface area contributed by atoms with Gasteiger partial charge in [-0.25, -0.2) is 13.5 Å². The largest absolute Gasteiger partial charge is 0.493 e. The number of hydrogen-bond donors (Lipinski definition) is 2. The van der Waals surface area contributed by atoms with Gasteiger partial charge in [0.15, 0.2) is 29.1 Å². The van der Waals surface area contributed by atoms with E-state index in [4.69, 9.17) is 21.1 Å². The van der Waals surface area contributed by atoms with Crippen molar-refractivity contribution in [2.45, 2.75) is 24.7 Å². The molecule has 1 aromatic heterocycles. The summed E-state index contributed by atoms with van der Waals surface area (Å²) in [6.07, 6.45) is -5.20. The molecule has 2 N–H and O–H groups in total. The number of amides is 1. The number of aromatic nitrogens is 2. The second-order valence-electron chi connectivity index (χ2n) is 7.76. The molecule has 0 spiro atoms. The van der Waals surface area contributed by atoms with Gasteiger partial charge in [0.05, 0.1) is 25.9 Å². The first-order chi connectivity index (χ1) is 16.9. The van der Waals surface area contributed by atoms with Gasteiger partial charge in [-0.05, 0) is 39.7 Å². The van der Waals surface area contributed by atoms with Crippen LogP contribution in [0.25, 0.3) is 0 Å². The monoisotopic (exact) mass is 594 g/mol. The van der Waals surface area contributed by atoms with Gasteiger partial charge in [-0.3, -0.25) is 4.79 Å². The van der Waals surface area contributed by atoms with Crippen molar-refractivity contribution in [3.05, 3.63) is 62.7 Å². The average Bonchev–Trinajstić information content (AvgIpc) is 3.15. The smallest absolute Gasteiger partial charge is 0.410 e. The van der Waals surface area contributed by atoms with Crippen LogP contribution in [0.1, 0.15) is 34.6 Å². The Morgan fingerprint density at radius 1 is 1.19 bits per heavy atom. The molecule has 0 saturated carbocycles. The summed E-state index contributed by atoms with van der Waals surface area (Å²) in [5, 5.41) is 8.47. The summed E-state index contributed by atoms with van der Waals surface area (Å²) in [5.74, 6) is -2.61. The SMILES string of the molecule is COc1ccc([C@H]2C[C@H](C(F)(F)F)n3nc(C(=O)Nc4c(F)cc(F)cc4Br)c(Cl)c3N2)cc1OC. The molecule has 14 heteroatoms. The molecule has 1 aliphatic rings. The fourth-order valence-corrected chi connectivity index (χ4v) is 4.63. The molecule has 2 atom stereocenters. The van der Waals surface area contributed by atoms with Crippen molar-refractivity contribution in [3.63, 3.8) is 0 Å². The molecular weight excluding hydrogens is 579 g/mol. The molecule has 192 valence electrons. The van der Waals surface area contributed by atoms with Crippen LogP contribution in [-0.4, -0.2) is 36.1 Å². The number of methoxy groups -OCH3 is 2. The number of fused-ring (bicyclic) bond motifs is 1. The van der Waals surface area contributed by atoms with Crippen molar-refractivity contribution in [2.75, 3.05) is 24.9 Å². The van der Waals surface area contributed by atoms with Crippen molar-refractivity contribution in [3.8, 4) is 11.5 Å². The number of nitrogens with one attached hydrogen (secondary N) is 2. The minimum absolute atomic E-state index is 0.117. The fraction of sp³-hybridized carbons (Fsp3) is 0.273. The zero-order valence-corrected chi connectivity index (χ0v) is 20.9. The average molecular weight is 596 g/mol. The summed E-state index contributed by atoms with van der Waals surface area (Å²) in [6, 6.07) is 3.11. The maximum atomic E-state index is 14.2. The molecule has 3 aromatic rings. The molecule has 7 nitrogen and oxygen atoms in total. The summed E-state index contributed by atoms with van der Waals surface area (Å²) in [7, 11) is 2.82. The van der Waals surface area contributed by atoms with E-state index >= 15 is 0 Å². The van der Waals surface area contributed by atoms with Crippen molar-refractivity contribution < 1.29 is 36.2 Å². The number of rotatable bonds is 5. The van der Waals surface area contributed by atoms with E-state index in [1.54, 1.807) is 12.1 Å². The lowest BCUT2D eigenvalue weighted by molar-refractivity contribution is -0.173. The third kappa shape index (κ3) is 4.81. The Hall–Kier alpha value is -3.06. The van der Waals surface area contributed by atoms with E-state index in [2.05, 4.69) is 31.7 Å². The van der Waals surface area contributed by atoms with E-state index in [0.29, 0.717) is 27.8 Å². The third-order valence-corrected chi connectivity index (χ3v) is 6.55. The number of nitrogens with zero attached hydrogens (tertiary/aromatic N) is 2. The fourth-order valence-electron chi connectivity index (χ4n) is 3.86. The van der Waals surface area contributed by atoms with E-state index in [0.717, 1.165) is 6.07 Å². The Labute approximate surface area is 214 Å². The predicted molar refractivity (Wildman–Crippen MR) is 125 cm³/mol. The van der Waals surface area contributed by atoms with E-state index in [1.165, 1.54) is 20.3 Å². The molecule has 4 rings (SSSR count). The van der Waals surface area contributed by atoms with Gasteiger partial charge in [-0.2, -0.15) is 18.3 Å². The number of halogens is 7. The first-order valence-electron chi connectivity index (χ1n) is 10.2. The molecule has 2 heterocycles. The third-order valence-electron chi connectivity index (χ3n) is 5.57. The maximum Gasteiger partial charge on any atom is 0.410 e. The number of benzene rings is 2. The molecule has 0 unspecified atom stereocenters. The molecule has 0 fully saturated rings. The molecular formula is C22H17BrClF5N4O3. The summed E-state index contributed by atoms with van der Waals surface area (Å²) in [4.78, 5) is 12.8. The number of anilines is 2. The standard InChI is InChI=1S/C22H17BrClF5N4O3/c1-35-14-4-3-9(5-15(14)36-2)13-8-16(22(27,28)29)33-20(30-13)17(24)19(32-33)21(34)31-18-11(23)6-10(25)7-12(18)26/h3-7,13,16,30H,8H2,1-2H3,(H,31,34)/t13-,16-/m1/s1. The number of ether oxygens (including phenoxy) is 2. The number of alkyl halides is 3. The van der Waals surface area contributed by atoms with Crippen LogP contribution in [0.5, 0.6) is 11.5 Å². The minimum Gasteiger partial charge on any atom is -0.493 e. The van der Waals surface area contributed by atoms with E-state index in [1.807, 2.05) is 0 Å². The number of carbonyl (C=O) groups is 1. The van der Waals surface area contributed by atoms with E-state index in [9.17, 15) is 26.7 Å². The number of carbonyl (C=O) groups excluding carboxylic acids is 1. The Morgan fingerprint density at radius 3 is 2.50 bits per heavy atom. The van der Waals surface area contributed by atoms with Crippen molar-refractivity contribution in [1.29, 1.82) is 0 Å². The molecule has 1 amide bonds. The van der Waals surface area contributed by atoms with Gasteiger partial charge in [0.1, 0.15) is 16.7 Å². The van der Waals surface area contributed by atoms with Gasteiger partial charge in [0.2, 0.25) is 0 Å². The summed E-state index contributed by atoms with van der Waals surface area (Å²) in [5.41, 5.74) is -0.544. The molecule has 0 saturated heterocycles. The quantitative estimate of drug-likeness (QED) is 0.329. The van der Waals surface area contributed by atoms with E-state index in [-0.39, 0.29) is 10.3 Å². The van der Waals surface area contributed by atoms with Crippen LogP contribution in [0.2, 0.25) is 5.02 Å². The summed E-state index contributed by atoms with van der Waals surface area (Å²) < 4.78 is 80.5. The van der Waals surface area contributed by atoms with Crippen LogP contribution in [-0.2, 0) is 0 Å². The zero-order chi connectivity index (χ0) is 26.4. The highest BCUT2D eigenvalue weighted by Gasteiger charge is 2.48. The highest BCUT2D eigenvalue weighted by atomic mass is 79.9. The van der Waals surface area contributed by atoms with Gasteiger partial charge in [-0.1, -0.05) is 17.7 Å². The van der Waals surface area contributed by atoms with Gasteiger partial charge in [0, 0.05) is 17.0 Å². The zero-order valence-electron chi connectivity index (χ0n) is 18.5. The first-order valence-corrected chi connectivity index (χ1v) is 11.4. The first kappa shape index (κ1) is 26.0. The summed E-state index contributed by atoms with van der Waals surface area (Å²) in [6.45, 7) is 0. The molecule has 0 radical (unpaired) electrons. The lowest BCUT2D eigenvalue weighted by Gasteiger charge is -2.33. The second kappa shape index (κ2) is 9.77. The lowest BCUT2D eigenvalue weighted by atomic mass is 9.96. The van der Waals surface area contributed by atoms with Crippen molar-refractivity contribution >= 4 is 44.9 Å². The molecule has 0 aliphatic carbocycles. The minimum atomic E-state index is -4.74. The van der Waals surface area contributed by atoms with Crippen LogP contribution in [0.3, 0.4) is 0 Å². The second-order valence-corrected chi connectivity index (χ2v) is 8.99. The van der Waals surface area contributed by atoms with E-state index < -0.39 is 58.6 Å². The Morgan fingerprint density at radius 2 is 1.89 bits per heavy atom. The van der Waals surface area contributed by atoms with Crippen LogP contribution < -0.4 is 20.1 Å². The van der Waals surface area contributed by atoms with Crippen LogP contribution >= 0.6 is 27.5 Å². The van der Waals surface area contributed by atoms with Crippen molar-refractivity contribution in [2.24, 2.45) is 0 Å². The Balaban J connectivity index is 1.72. The van der Waals surface area contributed by atoms with Gasteiger partial charge >= 0.3 is 6.18 Å². The molecule has 36 heavy (non-hydrogen) atoms. The lowest BCUT2D eigenvalue weighted by Crippen LogP contribution is -2.35. The highest BCUT2D eigenvalue weighted by Crippen LogP contribution is 2.47. The topological polar surface area (TPSA) is 77.4 Å². The number of hydrogen-bond acceptors (Lipinski definition) is 5. The summed E-state index contributed by atoms with van der Waals surface area (Å²) >= 11 is 9.23. The van der Waals surface area contributed by atoms with Gasteiger partial charge in [-0.15, -0.1) is 0 Å². The van der Waals surface area contributed by atoms with Crippen LogP contribution in [0.4, 0.5) is 33.5 Å². The maximum absolute atomic E-state index is 14.2. The predicted octanol–water partition coefficient (Wildman–Crippen LogP) is 6.51. The van der Waals surface area contributed by atoms with Gasteiger partial charge < -0.3 is 20.1 Å². The highest BCUT2D eigenvalue weighted by molar-refractivity contribution is 9.10. The molecule has 2 aromatic carbocycles. The Bertz CT molecular complexity index is 1310.